The van der Waals surface area contributed by atoms with Gasteiger partial charge in [-0.05, 0) is 29.8 Å². The van der Waals surface area contributed by atoms with E-state index in [2.05, 4.69) is 4.74 Å². The number of Topliss-reactive ketones (excluding diaryl/α,β-unsaturated/α-hetero) is 1. The highest BCUT2D eigenvalue weighted by atomic mass is 35.5. The minimum absolute atomic E-state index is 0.164. The van der Waals surface area contributed by atoms with Crippen molar-refractivity contribution in [3.63, 3.8) is 0 Å². The first-order chi connectivity index (χ1) is 14.7. The lowest BCUT2D eigenvalue weighted by molar-refractivity contribution is -0.143. The Hall–Kier alpha value is -2.54. The third-order valence-corrected chi connectivity index (χ3v) is 7.09. The Bertz CT molecular complexity index is 1040. The van der Waals surface area contributed by atoms with Crippen LogP contribution in [-0.2, 0) is 14.3 Å². The second-order valence-corrected chi connectivity index (χ2v) is 11.0. The van der Waals surface area contributed by atoms with Crippen LogP contribution in [0, 0.1) is 0 Å². The first-order valence-electron chi connectivity index (χ1n) is 9.68. The summed E-state index contributed by atoms with van der Waals surface area (Å²) in [4.78, 5) is 24.1. The Morgan fingerprint density at radius 3 is 2.52 bits per heavy atom. The van der Waals surface area contributed by atoms with Gasteiger partial charge in [0, 0.05) is 40.0 Å². The maximum atomic E-state index is 11.9. The summed E-state index contributed by atoms with van der Waals surface area (Å²) in [5.41, 5.74) is 2.94. The van der Waals surface area contributed by atoms with Crippen molar-refractivity contribution in [3.8, 4) is 5.75 Å². The van der Waals surface area contributed by atoms with E-state index in [1.54, 1.807) is 6.08 Å². The number of hydrogen-bond donors (Lipinski definition) is 1. The first kappa shape index (κ1) is 23.1. The topological polar surface area (TPSA) is 72.8 Å². The molecule has 0 amide bonds. The van der Waals surface area contributed by atoms with Crippen molar-refractivity contribution in [3.05, 3.63) is 81.7 Å². The molecule has 0 saturated heterocycles. The average molecular weight is 461 g/mol. The van der Waals surface area contributed by atoms with Gasteiger partial charge in [0.2, 0.25) is 0 Å². The fraction of sp³-hybridized carbons (Fsp3) is 0.250. The van der Waals surface area contributed by atoms with E-state index < -0.39 is 22.4 Å². The molecule has 0 bridgehead atoms. The fourth-order valence-electron chi connectivity index (χ4n) is 3.36. The number of esters is 1. The molecule has 1 unspecified atom stereocenters. The highest BCUT2D eigenvalue weighted by Crippen LogP contribution is 2.59. The number of aliphatic hydroxyl groups excluding tert-OH is 1. The number of para-hydroxylation sites is 1. The Labute approximate surface area is 188 Å². The van der Waals surface area contributed by atoms with Crippen LogP contribution in [0.15, 0.2) is 65.6 Å². The zero-order valence-corrected chi connectivity index (χ0v) is 19.2. The van der Waals surface area contributed by atoms with Crippen molar-refractivity contribution >= 4 is 39.2 Å². The zero-order valence-electron chi connectivity index (χ0n) is 17.6. The van der Waals surface area contributed by atoms with E-state index >= 15 is 0 Å². The number of fused-ring (bicyclic) bond motifs is 1. The van der Waals surface area contributed by atoms with Crippen LogP contribution in [0.25, 0.3) is 5.57 Å². The second kappa shape index (κ2) is 9.73. The van der Waals surface area contributed by atoms with Crippen molar-refractivity contribution in [1.29, 1.82) is 0 Å². The standard InChI is InChI=1S/C24H25ClO5S/c1-29-23(28)15-19(27)14-18(26)12-13-22-24(16-8-10-17(25)11-9-16)20-6-4-5-7-21(20)30-31(22,2)3/h4-13,18,26H,14-15H2,1-3H3. The van der Waals surface area contributed by atoms with Gasteiger partial charge >= 0.3 is 5.97 Å². The lowest BCUT2D eigenvalue weighted by Crippen LogP contribution is -2.17. The highest BCUT2D eigenvalue weighted by Gasteiger charge is 2.30. The number of ether oxygens (including phenoxy) is 1. The molecular formula is C24H25ClO5S. The molecule has 1 N–H and O–H groups in total. The summed E-state index contributed by atoms with van der Waals surface area (Å²) in [5, 5.41) is 11.0. The van der Waals surface area contributed by atoms with Crippen LogP contribution in [0.4, 0.5) is 0 Å². The lowest BCUT2D eigenvalue weighted by atomic mass is 9.96. The minimum atomic E-state index is -1.70. The number of ketones is 1. The van der Waals surface area contributed by atoms with E-state index in [4.69, 9.17) is 15.8 Å². The van der Waals surface area contributed by atoms with Crippen LogP contribution in [0.5, 0.6) is 5.75 Å². The lowest BCUT2D eigenvalue weighted by Gasteiger charge is -2.40. The molecule has 0 saturated carbocycles. The Balaban J connectivity index is 2.00. The number of carbonyl (C=O) groups is 2. The van der Waals surface area contributed by atoms with E-state index in [-0.39, 0.29) is 18.6 Å². The number of halogens is 1. The van der Waals surface area contributed by atoms with Crippen LogP contribution in [0.3, 0.4) is 0 Å². The van der Waals surface area contributed by atoms with Gasteiger partial charge in [-0.15, -0.1) is 0 Å². The third kappa shape index (κ3) is 5.58. The fourth-order valence-corrected chi connectivity index (χ4v) is 5.30. The van der Waals surface area contributed by atoms with Gasteiger partial charge in [-0.3, -0.25) is 9.59 Å². The minimum Gasteiger partial charge on any atom is -0.469 e. The average Bonchev–Trinajstić information content (AvgIpc) is 2.71. The Morgan fingerprint density at radius 1 is 1.16 bits per heavy atom. The SMILES string of the molecule is COC(=O)CC(=O)CC(O)C=CC1=C(c2ccc(Cl)cc2)c2ccccc2OS1(C)C. The largest absolute Gasteiger partial charge is 0.469 e. The van der Waals surface area contributed by atoms with Gasteiger partial charge in [0.15, 0.2) is 0 Å². The van der Waals surface area contributed by atoms with Gasteiger partial charge in [0.1, 0.15) is 18.0 Å². The summed E-state index contributed by atoms with van der Waals surface area (Å²) < 4.78 is 10.8. The van der Waals surface area contributed by atoms with E-state index in [0.717, 1.165) is 27.4 Å². The molecule has 1 aliphatic rings. The maximum absolute atomic E-state index is 11.9. The van der Waals surface area contributed by atoms with Gasteiger partial charge in [-0.1, -0.05) is 58.3 Å². The number of methoxy groups -OCH3 is 1. The number of aliphatic hydroxyl groups is 1. The van der Waals surface area contributed by atoms with Crippen molar-refractivity contribution in [2.75, 3.05) is 19.6 Å². The first-order valence-corrected chi connectivity index (χ1v) is 12.4. The third-order valence-electron chi connectivity index (χ3n) is 4.84. The van der Waals surface area contributed by atoms with Crippen LogP contribution < -0.4 is 4.18 Å². The molecule has 1 heterocycles. The maximum Gasteiger partial charge on any atom is 0.313 e. The molecule has 1 atom stereocenters. The van der Waals surface area contributed by atoms with Crippen molar-refractivity contribution in [1.82, 2.24) is 0 Å². The van der Waals surface area contributed by atoms with Crippen LogP contribution in [0.1, 0.15) is 24.0 Å². The summed E-state index contributed by atoms with van der Waals surface area (Å²) in [6, 6.07) is 15.4. The predicted molar refractivity (Wildman–Crippen MR) is 125 cm³/mol. The molecule has 7 heteroatoms. The highest BCUT2D eigenvalue weighted by molar-refractivity contribution is 8.32. The summed E-state index contributed by atoms with van der Waals surface area (Å²) in [7, 11) is -0.477. The Kier molecular flexibility index (Phi) is 7.26. The number of hydrogen-bond acceptors (Lipinski definition) is 5. The monoisotopic (exact) mass is 460 g/mol. The molecule has 0 aliphatic carbocycles. The number of carbonyl (C=O) groups excluding carboxylic acids is 2. The molecule has 0 fully saturated rings. The van der Waals surface area contributed by atoms with Crippen LogP contribution in [-0.4, -0.2) is 42.6 Å². The van der Waals surface area contributed by atoms with Crippen LogP contribution in [0.2, 0.25) is 5.02 Å². The quantitative estimate of drug-likeness (QED) is 0.469. The molecule has 3 rings (SSSR count). The summed E-state index contributed by atoms with van der Waals surface area (Å²) >= 11 is 6.09. The summed E-state index contributed by atoms with van der Waals surface area (Å²) in [5.74, 6) is -0.192. The van der Waals surface area contributed by atoms with E-state index in [1.807, 2.05) is 67.1 Å². The summed E-state index contributed by atoms with van der Waals surface area (Å²) in [6.45, 7) is 0. The van der Waals surface area contributed by atoms with Gasteiger partial charge in [-0.2, -0.15) is 0 Å². The summed E-state index contributed by atoms with van der Waals surface area (Å²) in [6.07, 6.45) is 5.93. The van der Waals surface area contributed by atoms with E-state index in [9.17, 15) is 14.7 Å². The van der Waals surface area contributed by atoms with Crippen molar-refractivity contribution in [2.45, 2.75) is 18.9 Å². The molecule has 0 spiro atoms. The van der Waals surface area contributed by atoms with Gasteiger partial charge in [-0.25, -0.2) is 0 Å². The molecule has 5 nitrogen and oxygen atoms in total. The van der Waals surface area contributed by atoms with Crippen molar-refractivity contribution < 1.29 is 23.6 Å². The zero-order chi connectivity index (χ0) is 22.6. The predicted octanol–water partition coefficient (Wildman–Crippen LogP) is 4.91. The molecule has 1 aliphatic heterocycles. The molecule has 164 valence electrons. The number of rotatable bonds is 7. The molecule has 2 aromatic rings. The van der Waals surface area contributed by atoms with Crippen LogP contribution >= 0.6 is 21.9 Å². The van der Waals surface area contributed by atoms with Gasteiger partial charge in [0.25, 0.3) is 0 Å². The van der Waals surface area contributed by atoms with Crippen molar-refractivity contribution in [2.24, 2.45) is 0 Å². The smallest absolute Gasteiger partial charge is 0.313 e. The molecule has 0 aromatic heterocycles. The molecule has 0 radical (unpaired) electrons. The van der Waals surface area contributed by atoms with E-state index in [0.29, 0.717) is 5.02 Å². The van der Waals surface area contributed by atoms with Gasteiger partial charge < -0.3 is 14.0 Å². The molecular weight excluding hydrogens is 436 g/mol. The normalized spacial score (nSPS) is 16.9. The second-order valence-electron chi connectivity index (χ2n) is 7.48. The van der Waals surface area contributed by atoms with Gasteiger partial charge in [0.05, 0.1) is 13.2 Å². The number of benzene rings is 2. The molecule has 31 heavy (non-hydrogen) atoms. The van der Waals surface area contributed by atoms with E-state index in [1.165, 1.54) is 7.11 Å². The number of allylic oxidation sites excluding steroid dienone is 1. The molecule has 2 aromatic carbocycles. The Morgan fingerprint density at radius 2 is 1.84 bits per heavy atom.